The number of aromatic nitrogens is 1. The second kappa shape index (κ2) is 5.46. The number of hydrogen-bond donors (Lipinski definition) is 2. The number of nitrogen functional groups attached to an aromatic ring is 1. The second-order valence-corrected chi connectivity index (χ2v) is 6.21. The Labute approximate surface area is 117 Å². The molecule has 0 atom stereocenters. The SMILES string of the molecule is CCCS(=O)(=O)NC(=O)c1cc(N)c2ccccc2n1. The number of sulfonamides is 1. The molecule has 0 bridgehead atoms. The summed E-state index contributed by atoms with van der Waals surface area (Å²) >= 11 is 0. The predicted octanol–water partition coefficient (Wildman–Crippen LogP) is 1.29. The Balaban J connectivity index is 2.36. The Morgan fingerprint density at radius 3 is 2.75 bits per heavy atom. The number of para-hydroxylation sites is 1. The monoisotopic (exact) mass is 293 g/mol. The molecule has 3 N–H and O–H groups in total. The third-order valence-electron chi connectivity index (χ3n) is 2.70. The molecule has 0 saturated carbocycles. The highest BCUT2D eigenvalue weighted by Gasteiger charge is 2.17. The van der Waals surface area contributed by atoms with Crippen molar-refractivity contribution in [3.63, 3.8) is 0 Å². The van der Waals surface area contributed by atoms with Gasteiger partial charge in [0.1, 0.15) is 5.69 Å². The lowest BCUT2D eigenvalue weighted by Gasteiger charge is -2.07. The standard InChI is InChI=1S/C13H15N3O3S/c1-2-7-20(18,19)16-13(17)12-8-10(14)9-5-3-4-6-11(9)15-12/h3-6,8H,2,7H2,1H3,(H2,14,15)(H,16,17). The smallest absolute Gasteiger partial charge is 0.283 e. The fourth-order valence-electron chi connectivity index (χ4n) is 1.83. The summed E-state index contributed by atoms with van der Waals surface area (Å²) in [6.45, 7) is 1.72. The van der Waals surface area contributed by atoms with E-state index in [1.165, 1.54) is 6.07 Å². The number of amides is 1. The summed E-state index contributed by atoms with van der Waals surface area (Å²) in [7, 11) is -3.63. The lowest BCUT2D eigenvalue weighted by Crippen LogP contribution is -2.33. The Bertz CT molecular complexity index is 757. The largest absolute Gasteiger partial charge is 0.398 e. The predicted molar refractivity (Wildman–Crippen MR) is 77.7 cm³/mol. The zero-order valence-electron chi connectivity index (χ0n) is 11.0. The highest BCUT2D eigenvalue weighted by Crippen LogP contribution is 2.20. The number of carbonyl (C=O) groups is 1. The van der Waals surface area contributed by atoms with Crippen LogP contribution in [0.4, 0.5) is 5.69 Å². The number of nitrogens with two attached hydrogens (primary N) is 1. The maximum Gasteiger partial charge on any atom is 0.283 e. The molecule has 1 aromatic heterocycles. The van der Waals surface area contributed by atoms with Crippen LogP contribution in [0.2, 0.25) is 0 Å². The van der Waals surface area contributed by atoms with Gasteiger partial charge in [-0.1, -0.05) is 25.1 Å². The van der Waals surface area contributed by atoms with Gasteiger partial charge in [-0.15, -0.1) is 0 Å². The van der Waals surface area contributed by atoms with E-state index in [-0.39, 0.29) is 11.4 Å². The van der Waals surface area contributed by atoms with E-state index in [0.29, 0.717) is 17.6 Å². The van der Waals surface area contributed by atoms with Crippen LogP contribution in [0.1, 0.15) is 23.8 Å². The minimum absolute atomic E-state index is 0.0131. The first kappa shape index (κ1) is 14.3. The van der Waals surface area contributed by atoms with Crippen molar-refractivity contribution in [3.05, 3.63) is 36.0 Å². The fraction of sp³-hybridized carbons (Fsp3) is 0.231. The summed E-state index contributed by atoms with van der Waals surface area (Å²) in [6, 6.07) is 8.45. The molecular formula is C13H15N3O3S. The van der Waals surface area contributed by atoms with Crippen molar-refractivity contribution in [3.8, 4) is 0 Å². The molecule has 0 unspecified atom stereocenters. The first-order chi connectivity index (χ1) is 9.43. The molecule has 0 radical (unpaired) electrons. The van der Waals surface area contributed by atoms with Crippen LogP contribution >= 0.6 is 0 Å². The highest BCUT2D eigenvalue weighted by atomic mass is 32.2. The van der Waals surface area contributed by atoms with Crippen LogP contribution in [0, 0.1) is 0 Å². The van der Waals surface area contributed by atoms with Crippen molar-refractivity contribution in [2.45, 2.75) is 13.3 Å². The van der Waals surface area contributed by atoms with E-state index in [4.69, 9.17) is 5.73 Å². The van der Waals surface area contributed by atoms with Crippen LogP contribution in [0.25, 0.3) is 10.9 Å². The van der Waals surface area contributed by atoms with Crippen molar-refractivity contribution in [1.29, 1.82) is 0 Å². The molecule has 1 amide bonds. The summed E-state index contributed by atoms with van der Waals surface area (Å²) in [5.74, 6) is -0.877. The van der Waals surface area contributed by atoms with E-state index in [9.17, 15) is 13.2 Å². The van der Waals surface area contributed by atoms with Crippen LogP contribution in [0.3, 0.4) is 0 Å². The molecule has 2 rings (SSSR count). The van der Waals surface area contributed by atoms with Gasteiger partial charge in [0.15, 0.2) is 0 Å². The average Bonchev–Trinajstić information content (AvgIpc) is 2.38. The van der Waals surface area contributed by atoms with Gasteiger partial charge in [0.25, 0.3) is 5.91 Å². The van der Waals surface area contributed by atoms with Gasteiger partial charge in [-0.2, -0.15) is 0 Å². The number of nitrogens with one attached hydrogen (secondary N) is 1. The third kappa shape index (κ3) is 3.05. The van der Waals surface area contributed by atoms with E-state index in [2.05, 4.69) is 4.98 Å². The summed E-state index contributed by atoms with van der Waals surface area (Å²) < 4.78 is 25.1. The summed E-state index contributed by atoms with van der Waals surface area (Å²) in [6.07, 6.45) is 0.426. The lowest BCUT2D eigenvalue weighted by molar-refractivity contribution is 0.0977. The van der Waals surface area contributed by atoms with Crippen LogP contribution < -0.4 is 10.5 Å². The summed E-state index contributed by atoms with van der Waals surface area (Å²) in [5.41, 5.74) is 6.76. The molecule has 0 fully saturated rings. The van der Waals surface area contributed by atoms with Gasteiger partial charge < -0.3 is 5.73 Å². The summed E-state index contributed by atoms with van der Waals surface area (Å²) in [5, 5.41) is 0.723. The summed E-state index contributed by atoms with van der Waals surface area (Å²) in [4.78, 5) is 16.0. The van der Waals surface area contributed by atoms with Crippen molar-refractivity contribution in [2.75, 3.05) is 11.5 Å². The molecule has 0 aliphatic heterocycles. The van der Waals surface area contributed by atoms with E-state index >= 15 is 0 Å². The van der Waals surface area contributed by atoms with Gasteiger partial charge in [-0.05, 0) is 18.6 Å². The molecule has 20 heavy (non-hydrogen) atoms. The molecule has 0 saturated heterocycles. The molecule has 2 aromatic rings. The first-order valence-electron chi connectivity index (χ1n) is 6.13. The zero-order chi connectivity index (χ0) is 14.8. The van der Waals surface area contributed by atoms with Crippen LogP contribution in [0.15, 0.2) is 30.3 Å². The van der Waals surface area contributed by atoms with Crippen LogP contribution in [0.5, 0.6) is 0 Å². The highest BCUT2D eigenvalue weighted by molar-refractivity contribution is 7.90. The number of fused-ring (bicyclic) bond motifs is 1. The Hall–Kier alpha value is -2.15. The first-order valence-corrected chi connectivity index (χ1v) is 7.78. The number of hydrogen-bond acceptors (Lipinski definition) is 5. The molecule has 7 heteroatoms. The molecule has 106 valence electrons. The van der Waals surface area contributed by atoms with Gasteiger partial charge in [-0.3, -0.25) is 4.79 Å². The number of pyridine rings is 1. The van der Waals surface area contributed by atoms with Gasteiger partial charge >= 0.3 is 0 Å². The van der Waals surface area contributed by atoms with Crippen LogP contribution in [-0.2, 0) is 10.0 Å². The maximum atomic E-state index is 11.9. The van der Waals surface area contributed by atoms with E-state index in [1.54, 1.807) is 25.1 Å². The maximum absolute atomic E-state index is 11.9. The number of rotatable bonds is 4. The van der Waals surface area contributed by atoms with Gasteiger partial charge in [0, 0.05) is 11.1 Å². The van der Waals surface area contributed by atoms with Crippen molar-refractivity contribution in [2.24, 2.45) is 0 Å². The molecule has 6 nitrogen and oxygen atoms in total. The minimum atomic E-state index is -3.63. The van der Waals surface area contributed by atoms with Crippen LogP contribution in [-0.4, -0.2) is 25.1 Å². The molecule has 0 aliphatic rings. The van der Waals surface area contributed by atoms with Gasteiger partial charge in [-0.25, -0.2) is 18.1 Å². The van der Waals surface area contributed by atoms with Crippen molar-refractivity contribution < 1.29 is 13.2 Å². The Morgan fingerprint density at radius 1 is 1.35 bits per heavy atom. The lowest BCUT2D eigenvalue weighted by atomic mass is 10.1. The topological polar surface area (TPSA) is 102 Å². The van der Waals surface area contributed by atoms with E-state index < -0.39 is 15.9 Å². The normalized spacial score (nSPS) is 11.4. The zero-order valence-corrected chi connectivity index (χ0v) is 11.8. The fourth-order valence-corrected chi connectivity index (χ4v) is 2.86. The molecular weight excluding hydrogens is 278 g/mol. The Morgan fingerprint density at radius 2 is 2.05 bits per heavy atom. The number of nitrogens with zero attached hydrogens (tertiary/aromatic N) is 1. The Kier molecular flexibility index (Phi) is 3.89. The molecule has 0 aliphatic carbocycles. The van der Waals surface area contributed by atoms with E-state index in [0.717, 1.165) is 5.39 Å². The van der Waals surface area contributed by atoms with Crippen molar-refractivity contribution in [1.82, 2.24) is 9.71 Å². The quantitative estimate of drug-likeness (QED) is 0.884. The van der Waals surface area contributed by atoms with E-state index in [1.807, 2.05) is 10.8 Å². The number of benzene rings is 1. The second-order valence-electron chi connectivity index (χ2n) is 4.36. The minimum Gasteiger partial charge on any atom is -0.398 e. The van der Waals surface area contributed by atoms with Gasteiger partial charge in [0.2, 0.25) is 10.0 Å². The number of anilines is 1. The molecule has 1 aromatic carbocycles. The van der Waals surface area contributed by atoms with Crippen molar-refractivity contribution >= 4 is 32.5 Å². The molecule has 1 heterocycles. The van der Waals surface area contributed by atoms with Gasteiger partial charge in [0.05, 0.1) is 11.3 Å². The number of carbonyl (C=O) groups excluding carboxylic acids is 1. The molecule has 0 spiro atoms. The third-order valence-corrected chi connectivity index (χ3v) is 4.14. The average molecular weight is 293 g/mol.